The minimum Gasteiger partial charge on any atom is -0.489 e. The van der Waals surface area contributed by atoms with Gasteiger partial charge >= 0.3 is 5.97 Å². The highest BCUT2D eigenvalue weighted by Crippen LogP contribution is 2.49. The topological polar surface area (TPSA) is 136 Å². The van der Waals surface area contributed by atoms with E-state index in [2.05, 4.69) is 4.72 Å². The Morgan fingerprint density at radius 1 is 1.20 bits per heavy atom. The Bertz CT molecular complexity index is 1140. The van der Waals surface area contributed by atoms with E-state index in [1.165, 1.54) is 18.2 Å². The number of nitrogens with one attached hydrogen (secondary N) is 1. The standard InChI is InChI=1S/C20H18N2O7S/c23-18(24)11-4-12-2-1-3-15-19-16(9-10-17(19)29-20(12)15)21-30(27,28)14-7-5-13(6-8-14)22(25)26/h1-8,11,16-17,19,21H,9-10H2,(H,23,24). The molecular weight excluding hydrogens is 412 g/mol. The molecule has 2 N–H and O–H groups in total. The van der Waals surface area contributed by atoms with Gasteiger partial charge in [0.05, 0.1) is 9.82 Å². The minimum absolute atomic E-state index is 0.0474. The lowest BCUT2D eigenvalue weighted by Gasteiger charge is -2.19. The maximum absolute atomic E-state index is 12.8. The molecule has 0 radical (unpaired) electrons. The number of carboxylic acid groups (broad SMARTS) is 1. The van der Waals surface area contributed by atoms with Gasteiger partial charge in [-0.2, -0.15) is 0 Å². The number of carboxylic acids is 1. The van der Waals surface area contributed by atoms with Crippen molar-refractivity contribution in [2.45, 2.75) is 35.8 Å². The van der Waals surface area contributed by atoms with E-state index < -0.39 is 27.0 Å². The van der Waals surface area contributed by atoms with Crippen molar-refractivity contribution in [1.82, 2.24) is 4.72 Å². The Kier molecular flexibility index (Phi) is 5.04. The molecule has 1 saturated carbocycles. The fourth-order valence-electron chi connectivity index (χ4n) is 4.07. The summed E-state index contributed by atoms with van der Waals surface area (Å²) >= 11 is 0. The van der Waals surface area contributed by atoms with E-state index in [-0.39, 0.29) is 22.6 Å². The van der Waals surface area contributed by atoms with Gasteiger partial charge in [-0.05, 0) is 31.1 Å². The van der Waals surface area contributed by atoms with E-state index in [1.54, 1.807) is 12.1 Å². The van der Waals surface area contributed by atoms with Crippen molar-refractivity contribution < 1.29 is 28.0 Å². The molecule has 2 aliphatic rings. The number of aliphatic carboxylic acids is 1. The molecule has 9 nitrogen and oxygen atoms in total. The van der Waals surface area contributed by atoms with Crippen LogP contribution >= 0.6 is 0 Å². The highest BCUT2D eigenvalue weighted by atomic mass is 32.2. The summed E-state index contributed by atoms with van der Waals surface area (Å²) in [6.07, 6.45) is 3.51. The molecular formula is C20H18N2O7S. The molecule has 0 spiro atoms. The second-order valence-electron chi connectivity index (χ2n) is 7.18. The molecule has 10 heteroatoms. The van der Waals surface area contributed by atoms with Gasteiger partial charge in [-0.15, -0.1) is 0 Å². The van der Waals surface area contributed by atoms with E-state index in [9.17, 15) is 23.3 Å². The lowest BCUT2D eigenvalue weighted by Crippen LogP contribution is -2.37. The third kappa shape index (κ3) is 3.66. The van der Waals surface area contributed by atoms with Gasteiger partial charge in [0.25, 0.3) is 5.69 Å². The van der Waals surface area contributed by atoms with Crippen molar-refractivity contribution in [2.24, 2.45) is 0 Å². The third-order valence-corrected chi connectivity index (χ3v) is 6.88. The Morgan fingerprint density at radius 3 is 2.60 bits per heavy atom. The van der Waals surface area contributed by atoms with Crippen LogP contribution in [0.4, 0.5) is 5.69 Å². The number of ether oxygens (including phenoxy) is 1. The summed E-state index contributed by atoms with van der Waals surface area (Å²) in [5, 5.41) is 19.7. The number of fused-ring (bicyclic) bond motifs is 3. The maximum atomic E-state index is 12.8. The van der Waals surface area contributed by atoms with Crippen molar-refractivity contribution in [3.8, 4) is 5.75 Å². The van der Waals surface area contributed by atoms with Crippen LogP contribution in [0, 0.1) is 10.1 Å². The first-order valence-electron chi connectivity index (χ1n) is 9.23. The van der Waals surface area contributed by atoms with Gasteiger partial charge in [0.2, 0.25) is 10.0 Å². The summed E-state index contributed by atoms with van der Waals surface area (Å²) in [7, 11) is -3.88. The molecule has 4 rings (SSSR count). The lowest BCUT2D eigenvalue weighted by atomic mass is 9.93. The Labute approximate surface area is 172 Å². The van der Waals surface area contributed by atoms with E-state index in [0.29, 0.717) is 24.2 Å². The van der Waals surface area contributed by atoms with E-state index in [0.717, 1.165) is 23.8 Å². The summed E-state index contributed by atoms with van der Waals surface area (Å²) in [5.41, 5.74) is 1.28. The number of para-hydroxylation sites is 1. The van der Waals surface area contributed by atoms with Crippen molar-refractivity contribution in [1.29, 1.82) is 0 Å². The van der Waals surface area contributed by atoms with Gasteiger partial charge in [-0.3, -0.25) is 10.1 Å². The van der Waals surface area contributed by atoms with E-state index in [1.807, 2.05) is 6.07 Å². The Morgan fingerprint density at radius 2 is 1.93 bits per heavy atom. The highest BCUT2D eigenvalue weighted by molar-refractivity contribution is 7.89. The van der Waals surface area contributed by atoms with Gasteiger partial charge in [-0.1, -0.05) is 18.2 Å². The summed E-state index contributed by atoms with van der Waals surface area (Å²) < 4.78 is 34.4. The zero-order valence-corrected chi connectivity index (χ0v) is 16.4. The van der Waals surface area contributed by atoms with Crippen molar-refractivity contribution in [3.05, 3.63) is 69.8 Å². The predicted octanol–water partition coefficient (Wildman–Crippen LogP) is 2.68. The fourth-order valence-corrected chi connectivity index (χ4v) is 5.37. The van der Waals surface area contributed by atoms with Crippen LogP contribution in [0.15, 0.2) is 53.4 Å². The first kappa shape index (κ1) is 20.0. The third-order valence-electron chi connectivity index (χ3n) is 5.37. The van der Waals surface area contributed by atoms with Gasteiger partial charge < -0.3 is 9.84 Å². The molecule has 1 heterocycles. The predicted molar refractivity (Wildman–Crippen MR) is 107 cm³/mol. The average molecular weight is 430 g/mol. The number of nitro groups is 1. The van der Waals surface area contributed by atoms with Gasteiger partial charge in [0, 0.05) is 41.3 Å². The molecule has 30 heavy (non-hydrogen) atoms. The second-order valence-corrected chi connectivity index (χ2v) is 8.89. The number of hydrogen-bond donors (Lipinski definition) is 2. The summed E-state index contributed by atoms with van der Waals surface area (Å²) in [4.78, 5) is 21.0. The van der Waals surface area contributed by atoms with E-state index in [4.69, 9.17) is 9.84 Å². The molecule has 0 amide bonds. The van der Waals surface area contributed by atoms with Crippen LogP contribution in [0.25, 0.3) is 6.08 Å². The molecule has 2 aromatic carbocycles. The van der Waals surface area contributed by atoms with Gasteiger partial charge in [0.15, 0.2) is 0 Å². The van der Waals surface area contributed by atoms with Crippen LogP contribution in [0.3, 0.4) is 0 Å². The first-order valence-corrected chi connectivity index (χ1v) is 10.7. The van der Waals surface area contributed by atoms with Crippen LogP contribution in [0.5, 0.6) is 5.75 Å². The Hall–Kier alpha value is -3.24. The molecule has 3 unspecified atom stereocenters. The molecule has 1 aliphatic carbocycles. The highest BCUT2D eigenvalue weighted by Gasteiger charge is 2.46. The molecule has 3 atom stereocenters. The first-order chi connectivity index (χ1) is 14.3. The van der Waals surface area contributed by atoms with Crippen molar-refractivity contribution >= 4 is 27.8 Å². The van der Waals surface area contributed by atoms with Gasteiger partial charge in [0.1, 0.15) is 11.9 Å². The van der Waals surface area contributed by atoms with E-state index >= 15 is 0 Å². The summed E-state index contributed by atoms with van der Waals surface area (Å²) in [6, 6.07) is 9.71. The summed E-state index contributed by atoms with van der Waals surface area (Å²) in [5.74, 6) is -0.699. The number of sulfonamides is 1. The number of benzene rings is 2. The van der Waals surface area contributed by atoms with Crippen LogP contribution in [0.2, 0.25) is 0 Å². The average Bonchev–Trinajstić information content (AvgIpc) is 3.26. The van der Waals surface area contributed by atoms with Crippen LogP contribution in [0.1, 0.15) is 29.9 Å². The smallest absolute Gasteiger partial charge is 0.328 e. The minimum atomic E-state index is -3.88. The monoisotopic (exact) mass is 430 g/mol. The second kappa shape index (κ2) is 7.54. The van der Waals surface area contributed by atoms with Crippen LogP contribution < -0.4 is 9.46 Å². The molecule has 2 aromatic rings. The molecule has 0 bridgehead atoms. The summed E-state index contributed by atoms with van der Waals surface area (Å²) in [6.45, 7) is 0. The SMILES string of the molecule is O=C(O)C=Cc1cccc2c1OC1CCC(NS(=O)(=O)c3ccc([N+](=O)[O-])cc3)C21. The fraction of sp³-hybridized carbons (Fsp3) is 0.250. The zero-order chi connectivity index (χ0) is 21.5. The zero-order valence-electron chi connectivity index (χ0n) is 15.6. The number of hydrogen-bond acceptors (Lipinski definition) is 6. The molecule has 0 aromatic heterocycles. The maximum Gasteiger partial charge on any atom is 0.328 e. The van der Waals surface area contributed by atoms with Crippen molar-refractivity contribution in [3.63, 3.8) is 0 Å². The largest absolute Gasteiger partial charge is 0.489 e. The number of non-ortho nitro benzene ring substituents is 1. The number of nitro benzene ring substituents is 1. The van der Waals surface area contributed by atoms with Gasteiger partial charge in [-0.25, -0.2) is 17.9 Å². The molecule has 1 fully saturated rings. The lowest BCUT2D eigenvalue weighted by molar-refractivity contribution is -0.384. The normalized spacial score (nSPS) is 22.5. The van der Waals surface area contributed by atoms with Crippen molar-refractivity contribution in [2.75, 3.05) is 0 Å². The number of carbonyl (C=O) groups is 1. The Balaban J connectivity index is 1.59. The molecule has 156 valence electrons. The number of rotatable bonds is 6. The van der Waals surface area contributed by atoms with Crippen LogP contribution in [-0.2, 0) is 14.8 Å². The molecule has 0 saturated heterocycles. The molecule has 1 aliphatic heterocycles. The quantitative estimate of drug-likeness (QED) is 0.408. The van der Waals surface area contributed by atoms with Crippen LogP contribution in [-0.4, -0.2) is 36.6 Å². The number of nitrogens with zero attached hydrogens (tertiary/aromatic N) is 1.